The largest absolute Gasteiger partial charge is 0.484 e. The van der Waals surface area contributed by atoms with E-state index in [-0.39, 0.29) is 12.5 Å². The van der Waals surface area contributed by atoms with E-state index in [0.717, 1.165) is 32.2 Å². The lowest BCUT2D eigenvalue weighted by atomic mass is 10.0. The molecule has 4 heteroatoms. The van der Waals surface area contributed by atoms with Gasteiger partial charge in [-0.05, 0) is 37.1 Å². The molecule has 0 aliphatic heterocycles. The van der Waals surface area contributed by atoms with Crippen molar-refractivity contribution in [1.82, 2.24) is 4.90 Å². The van der Waals surface area contributed by atoms with E-state index in [4.69, 9.17) is 4.74 Å². The Kier molecular flexibility index (Phi) is 33.2. The molecule has 0 N–H and O–H groups in total. The van der Waals surface area contributed by atoms with Crippen LogP contribution in [0.2, 0.25) is 0 Å². The van der Waals surface area contributed by atoms with Crippen LogP contribution in [0.5, 0.6) is 5.75 Å². The summed E-state index contributed by atoms with van der Waals surface area (Å²) in [4.78, 5) is 26.2. The Labute approximate surface area is 305 Å². The minimum atomic E-state index is 0.0676. The Hall–Kier alpha value is -1.84. The van der Waals surface area contributed by atoms with Crippen molar-refractivity contribution in [2.75, 3.05) is 19.7 Å². The zero-order chi connectivity index (χ0) is 35.3. The summed E-state index contributed by atoms with van der Waals surface area (Å²) in [6.45, 7) is 6.32. The number of hydrogen-bond donors (Lipinski definition) is 0. The fraction of sp³-hybridized carbons (Fsp3) is 0.822. The number of benzene rings is 1. The molecule has 49 heavy (non-hydrogen) atoms. The van der Waals surface area contributed by atoms with Crippen LogP contribution in [-0.2, 0) is 4.79 Å². The Balaban J connectivity index is 2.16. The van der Waals surface area contributed by atoms with Crippen molar-refractivity contribution in [2.45, 2.75) is 219 Å². The van der Waals surface area contributed by atoms with Gasteiger partial charge in [0.05, 0.1) is 0 Å². The molecule has 1 aromatic rings. The van der Waals surface area contributed by atoms with Crippen molar-refractivity contribution in [3.63, 3.8) is 0 Å². The molecule has 284 valence electrons. The Morgan fingerprint density at radius 3 is 1.04 bits per heavy atom. The predicted octanol–water partition coefficient (Wildman–Crippen LogP) is 14.2. The monoisotopic (exact) mass is 684 g/mol. The number of hydrogen-bond acceptors (Lipinski definition) is 3. The first kappa shape index (κ1) is 45.2. The van der Waals surface area contributed by atoms with E-state index in [2.05, 4.69) is 13.8 Å². The van der Waals surface area contributed by atoms with Gasteiger partial charge in [-0.2, -0.15) is 0 Å². The second-order valence-electron chi connectivity index (χ2n) is 15.0. The summed E-state index contributed by atoms with van der Waals surface area (Å²) in [6.07, 6.45) is 44.4. The van der Waals surface area contributed by atoms with Gasteiger partial charge in [-0.3, -0.25) is 9.59 Å². The van der Waals surface area contributed by atoms with Gasteiger partial charge in [0.1, 0.15) is 12.0 Å². The fourth-order valence-corrected chi connectivity index (χ4v) is 6.94. The number of carbonyl (C=O) groups excluding carboxylic acids is 2. The van der Waals surface area contributed by atoms with Gasteiger partial charge in [0.25, 0.3) is 5.91 Å². The molecule has 0 radical (unpaired) electrons. The summed E-state index contributed by atoms with van der Waals surface area (Å²) >= 11 is 0. The van der Waals surface area contributed by atoms with Crippen molar-refractivity contribution in [3.8, 4) is 5.75 Å². The lowest BCUT2D eigenvalue weighted by Gasteiger charge is -2.23. The second-order valence-corrected chi connectivity index (χ2v) is 15.0. The van der Waals surface area contributed by atoms with Gasteiger partial charge >= 0.3 is 0 Å². The number of ether oxygens (including phenoxy) is 1. The third kappa shape index (κ3) is 29.6. The van der Waals surface area contributed by atoms with Gasteiger partial charge in [0.15, 0.2) is 6.61 Å². The quantitative estimate of drug-likeness (QED) is 0.0515. The van der Waals surface area contributed by atoms with Crippen LogP contribution in [-0.4, -0.2) is 36.8 Å². The van der Waals surface area contributed by atoms with Crippen molar-refractivity contribution in [3.05, 3.63) is 29.8 Å². The minimum absolute atomic E-state index is 0.0676. The van der Waals surface area contributed by atoms with Crippen LogP contribution in [0.3, 0.4) is 0 Å². The molecule has 0 saturated carbocycles. The lowest BCUT2D eigenvalue weighted by molar-refractivity contribution is -0.133. The van der Waals surface area contributed by atoms with E-state index >= 15 is 0 Å². The smallest absolute Gasteiger partial charge is 0.260 e. The van der Waals surface area contributed by atoms with Crippen molar-refractivity contribution >= 4 is 12.2 Å². The minimum Gasteiger partial charge on any atom is -0.484 e. The van der Waals surface area contributed by atoms with Crippen LogP contribution >= 0.6 is 0 Å². The molecule has 0 atom stereocenters. The first-order chi connectivity index (χ1) is 24.2. The van der Waals surface area contributed by atoms with Crippen molar-refractivity contribution in [2.24, 2.45) is 0 Å². The standard InChI is InChI=1S/C45H81NO3/c1-3-5-7-9-11-13-15-17-19-21-23-25-27-29-31-33-39-46(45(48)42-49-44-37-35-43(41-47)36-38-44)40-34-32-30-28-26-24-22-20-18-16-14-12-10-8-6-4-2/h35-38,41H,3-34,39-40,42H2,1-2H3. The molecule has 0 unspecified atom stereocenters. The van der Waals surface area contributed by atoms with Gasteiger partial charge in [-0.25, -0.2) is 0 Å². The van der Waals surface area contributed by atoms with Crippen LogP contribution in [0.25, 0.3) is 0 Å². The van der Waals surface area contributed by atoms with Crippen molar-refractivity contribution in [1.29, 1.82) is 0 Å². The molecule has 1 aromatic carbocycles. The molecule has 1 amide bonds. The van der Waals surface area contributed by atoms with E-state index in [0.29, 0.717) is 11.3 Å². The average Bonchev–Trinajstić information content (AvgIpc) is 3.12. The van der Waals surface area contributed by atoms with Gasteiger partial charge in [0, 0.05) is 18.7 Å². The number of rotatable bonds is 38. The van der Waals surface area contributed by atoms with Crippen LogP contribution < -0.4 is 4.74 Å². The predicted molar refractivity (Wildman–Crippen MR) is 213 cm³/mol. The number of nitrogens with zero attached hydrogens (tertiary/aromatic N) is 1. The molecule has 0 aliphatic carbocycles. The van der Waals surface area contributed by atoms with Crippen molar-refractivity contribution < 1.29 is 14.3 Å². The van der Waals surface area contributed by atoms with E-state index in [1.54, 1.807) is 24.3 Å². The summed E-state index contributed by atoms with van der Waals surface area (Å²) in [5.41, 5.74) is 0.618. The Morgan fingerprint density at radius 1 is 0.469 bits per heavy atom. The molecular weight excluding hydrogens is 602 g/mol. The molecule has 1 rings (SSSR count). The summed E-state index contributed by atoms with van der Waals surface area (Å²) in [5, 5.41) is 0. The zero-order valence-corrected chi connectivity index (χ0v) is 32.8. The molecule has 4 nitrogen and oxygen atoms in total. The van der Waals surface area contributed by atoms with Gasteiger partial charge in [-0.15, -0.1) is 0 Å². The second kappa shape index (κ2) is 36.0. The van der Waals surface area contributed by atoms with Crippen LogP contribution in [0.1, 0.15) is 230 Å². The van der Waals surface area contributed by atoms with Crippen LogP contribution in [0, 0.1) is 0 Å². The summed E-state index contributed by atoms with van der Waals surface area (Å²) in [5.74, 6) is 0.727. The maximum Gasteiger partial charge on any atom is 0.260 e. The summed E-state index contributed by atoms with van der Waals surface area (Å²) in [7, 11) is 0. The maximum atomic E-state index is 13.2. The topological polar surface area (TPSA) is 46.6 Å². The molecule has 0 fully saturated rings. The highest BCUT2D eigenvalue weighted by Gasteiger charge is 2.14. The molecule has 0 saturated heterocycles. The highest BCUT2D eigenvalue weighted by molar-refractivity contribution is 5.78. The Bertz CT molecular complexity index is 802. The molecule has 0 bridgehead atoms. The lowest BCUT2D eigenvalue weighted by Crippen LogP contribution is -2.36. The number of amides is 1. The Morgan fingerprint density at radius 2 is 0.755 bits per heavy atom. The van der Waals surface area contributed by atoms with E-state index in [1.165, 1.54) is 193 Å². The third-order valence-corrected chi connectivity index (χ3v) is 10.3. The van der Waals surface area contributed by atoms with Gasteiger partial charge in [-0.1, -0.05) is 206 Å². The third-order valence-electron chi connectivity index (χ3n) is 10.3. The fourth-order valence-electron chi connectivity index (χ4n) is 6.94. The normalized spacial score (nSPS) is 11.2. The summed E-state index contributed by atoms with van der Waals surface area (Å²) < 4.78 is 5.81. The van der Waals surface area contributed by atoms with E-state index in [9.17, 15) is 9.59 Å². The average molecular weight is 684 g/mol. The molecule has 0 spiro atoms. The molecule has 0 heterocycles. The maximum absolute atomic E-state index is 13.2. The number of unbranched alkanes of at least 4 members (excludes halogenated alkanes) is 30. The molecule has 0 aliphatic rings. The van der Waals surface area contributed by atoms with Gasteiger partial charge in [0.2, 0.25) is 0 Å². The SMILES string of the molecule is CCCCCCCCCCCCCCCCCCN(CCCCCCCCCCCCCCCCCC)C(=O)COc1ccc(C=O)cc1. The highest BCUT2D eigenvalue weighted by Crippen LogP contribution is 2.17. The molecular formula is C45H81NO3. The van der Waals surface area contributed by atoms with Crippen LogP contribution in [0.15, 0.2) is 24.3 Å². The number of carbonyl (C=O) groups is 2. The number of aldehydes is 1. The van der Waals surface area contributed by atoms with E-state index < -0.39 is 0 Å². The first-order valence-electron chi connectivity index (χ1n) is 21.7. The highest BCUT2D eigenvalue weighted by atomic mass is 16.5. The van der Waals surface area contributed by atoms with E-state index in [1.807, 2.05) is 4.90 Å². The first-order valence-corrected chi connectivity index (χ1v) is 21.7. The zero-order valence-electron chi connectivity index (χ0n) is 32.8. The van der Waals surface area contributed by atoms with Crippen LogP contribution in [0.4, 0.5) is 0 Å². The summed E-state index contributed by atoms with van der Waals surface area (Å²) in [6, 6.07) is 7.01. The molecule has 0 aromatic heterocycles. The van der Waals surface area contributed by atoms with Gasteiger partial charge < -0.3 is 9.64 Å².